The molecule has 27 heavy (non-hydrogen) atoms. The predicted octanol–water partition coefficient (Wildman–Crippen LogP) is 3.68. The third-order valence-corrected chi connectivity index (χ3v) is 3.97. The number of hydrogen-bond acceptors (Lipinski definition) is 6. The zero-order valence-electron chi connectivity index (χ0n) is 16.1. The summed E-state index contributed by atoms with van der Waals surface area (Å²) in [4.78, 5) is 8.87. The van der Waals surface area contributed by atoms with E-state index in [9.17, 15) is 10.2 Å². The van der Waals surface area contributed by atoms with Crippen LogP contribution in [-0.2, 0) is 0 Å². The average Bonchev–Trinajstić information content (AvgIpc) is 2.64. The molecule has 0 bridgehead atoms. The Morgan fingerprint density at radius 2 is 1.22 bits per heavy atom. The normalized spacial score (nSPS) is 12.0. The minimum Gasteiger partial charge on any atom is -0.507 e. The Morgan fingerprint density at radius 1 is 0.815 bits per heavy atom. The highest BCUT2D eigenvalue weighted by atomic mass is 16.5. The van der Waals surface area contributed by atoms with E-state index in [-0.39, 0.29) is 16.9 Å². The molecular formula is C21H26N2O4. The second-order valence-corrected chi connectivity index (χ2v) is 6.95. The number of ether oxygens (including phenoxy) is 2. The van der Waals surface area contributed by atoms with Crippen molar-refractivity contribution < 1.29 is 19.7 Å². The molecule has 2 N–H and O–H groups in total. The monoisotopic (exact) mass is 370 g/mol. The van der Waals surface area contributed by atoms with Crippen molar-refractivity contribution in [3.8, 4) is 23.0 Å². The number of aliphatic imine (C=N–C) groups is 2. The molecule has 2 aromatic rings. The minimum atomic E-state index is -0.185. The summed E-state index contributed by atoms with van der Waals surface area (Å²) in [5.41, 5.74) is 1.03. The van der Waals surface area contributed by atoms with Gasteiger partial charge >= 0.3 is 0 Å². The predicted molar refractivity (Wildman–Crippen MR) is 108 cm³/mol. The first-order valence-corrected chi connectivity index (χ1v) is 8.58. The van der Waals surface area contributed by atoms with E-state index in [1.807, 2.05) is 0 Å². The number of aromatic hydroxyl groups is 2. The lowest BCUT2D eigenvalue weighted by atomic mass is 9.94. The van der Waals surface area contributed by atoms with E-state index in [4.69, 9.17) is 9.47 Å². The number of benzene rings is 2. The van der Waals surface area contributed by atoms with E-state index < -0.39 is 0 Å². The highest BCUT2D eigenvalue weighted by Gasteiger charge is 2.16. The molecule has 0 fully saturated rings. The van der Waals surface area contributed by atoms with E-state index in [1.165, 1.54) is 0 Å². The van der Waals surface area contributed by atoms with Crippen LogP contribution in [0.2, 0.25) is 0 Å². The first-order valence-electron chi connectivity index (χ1n) is 8.58. The van der Waals surface area contributed by atoms with Crippen LogP contribution in [0, 0.1) is 5.41 Å². The molecule has 0 saturated heterocycles. The van der Waals surface area contributed by atoms with Crippen LogP contribution in [-0.4, -0.2) is 50.0 Å². The molecule has 0 unspecified atom stereocenters. The van der Waals surface area contributed by atoms with Gasteiger partial charge in [-0.25, -0.2) is 0 Å². The van der Waals surface area contributed by atoms with Gasteiger partial charge in [0.15, 0.2) is 0 Å². The van der Waals surface area contributed by atoms with Gasteiger partial charge in [-0.1, -0.05) is 13.8 Å². The Hall–Kier alpha value is -3.02. The molecule has 0 amide bonds. The molecule has 0 atom stereocenters. The van der Waals surface area contributed by atoms with Crippen molar-refractivity contribution in [1.29, 1.82) is 0 Å². The summed E-state index contributed by atoms with van der Waals surface area (Å²) in [6, 6.07) is 10.0. The quantitative estimate of drug-likeness (QED) is 0.694. The summed E-state index contributed by atoms with van der Waals surface area (Å²) >= 11 is 0. The van der Waals surface area contributed by atoms with Gasteiger partial charge in [0.2, 0.25) is 0 Å². The van der Waals surface area contributed by atoms with Crippen LogP contribution in [0.3, 0.4) is 0 Å². The fraction of sp³-hybridized carbons (Fsp3) is 0.333. The van der Waals surface area contributed by atoms with Crippen molar-refractivity contribution in [2.45, 2.75) is 13.8 Å². The van der Waals surface area contributed by atoms with Gasteiger partial charge in [0.05, 0.1) is 14.2 Å². The maximum Gasteiger partial charge on any atom is 0.124 e. The largest absolute Gasteiger partial charge is 0.507 e. The third-order valence-electron chi connectivity index (χ3n) is 3.97. The molecule has 6 heteroatoms. The number of rotatable bonds is 8. The Kier molecular flexibility index (Phi) is 6.82. The number of phenolic OH excluding ortho intramolecular Hbond substituents is 2. The maximum atomic E-state index is 9.89. The Labute approximate surface area is 159 Å². The van der Waals surface area contributed by atoms with Crippen LogP contribution >= 0.6 is 0 Å². The maximum absolute atomic E-state index is 9.89. The van der Waals surface area contributed by atoms with Crippen molar-refractivity contribution in [1.82, 2.24) is 0 Å². The topological polar surface area (TPSA) is 83.6 Å². The number of methoxy groups -OCH3 is 2. The number of nitrogens with zero attached hydrogens (tertiary/aromatic N) is 2. The number of hydrogen-bond donors (Lipinski definition) is 2. The van der Waals surface area contributed by atoms with Crippen LogP contribution in [0.5, 0.6) is 23.0 Å². The molecule has 0 aliphatic rings. The van der Waals surface area contributed by atoms with E-state index in [0.29, 0.717) is 35.7 Å². The minimum absolute atomic E-state index is 0.156. The fourth-order valence-corrected chi connectivity index (χ4v) is 2.36. The molecular weight excluding hydrogens is 344 g/mol. The Bertz CT molecular complexity index is 761. The second-order valence-electron chi connectivity index (χ2n) is 6.95. The highest BCUT2D eigenvalue weighted by Crippen LogP contribution is 2.23. The van der Waals surface area contributed by atoms with E-state index in [1.54, 1.807) is 63.0 Å². The van der Waals surface area contributed by atoms with E-state index >= 15 is 0 Å². The summed E-state index contributed by atoms with van der Waals surface area (Å²) in [6.45, 7) is 5.17. The molecule has 0 heterocycles. The van der Waals surface area contributed by atoms with E-state index in [2.05, 4.69) is 23.8 Å². The molecule has 2 rings (SSSR count). The van der Waals surface area contributed by atoms with E-state index in [0.717, 1.165) is 0 Å². The summed E-state index contributed by atoms with van der Waals surface area (Å²) < 4.78 is 10.3. The van der Waals surface area contributed by atoms with Crippen molar-refractivity contribution in [2.24, 2.45) is 15.4 Å². The van der Waals surface area contributed by atoms with Gasteiger partial charge in [-0.2, -0.15) is 0 Å². The first kappa shape index (κ1) is 20.3. The van der Waals surface area contributed by atoms with Crippen molar-refractivity contribution in [2.75, 3.05) is 27.3 Å². The smallest absolute Gasteiger partial charge is 0.124 e. The van der Waals surface area contributed by atoms with Crippen molar-refractivity contribution in [3.63, 3.8) is 0 Å². The molecule has 0 aliphatic heterocycles. The third kappa shape index (κ3) is 6.02. The molecule has 0 aliphatic carbocycles. The van der Waals surface area contributed by atoms with Gasteiger partial charge in [-0.3, -0.25) is 9.98 Å². The zero-order chi connectivity index (χ0) is 19.9. The van der Waals surface area contributed by atoms with Crippen LogP contribution in [0.4, 0.5) is 0 Å². The first-order chi connectivity index (χ1) is 12.8. The summed E-state index contributed by atoms with van der Waals surface area (Å²) in [6.07, 6.45) is 3.27. The molecule has 144 valence electrons. The highest BCUT2D eigenvalue weighted by molar-refractivity contribution is 5.84. The molecule has 2 aromatic carbocycles. The lowest BCUT2D eigenvalue weighted by molar-refractivity contribution is 0.396. The Morgan fingerprint density at radius 3 is 1.59 bits per heavy atom. The lowest BCUT2D eigenvalue weighted by Crippen LogP contribution is -2.19. The van der Waals surface area contributed by atoms with Crippen molar-refractivity contribution in [3.05, 3.63) is 47.5 Å². The van der Waals surface area contributed by atoms with Gasteiger partial charge in [-0.15, -0.1) is 0 Å². The SMILES string of the molecule is COc1ccc(O)c(C=NCC(C)(C)CN=Cc2cc(OC)ccc2O)c1. The molecule has 6 nitrogen and oxygen atoms in total. The summed E-state index contributed by atoms with van der Waals surface area (Å²) in [5.74, 6) is 1.64. The molecule has 0 radical (unpaired) electrons. The zero-order valence-corrected chi connectivity index (χ0v) is 16.1. The van der Waals surface area contributed by atoms with Crippen molar-refractivity contribution >= 4 is 12.4 Å². The average molecular weight is 370 g/mol. The van der Waals surface area contributed by atoms with Gasteiger partial charge in [0.1, 0.15) is 23.0 Å². The lowest BCUT2D eigenvalue weighted by Gasteiger charge is -2.19. The van der Waals surface area contributed by atoms with Crippen LogP contribution < -0.4 is 9.47 Å². The van der Waals surface area contributed by atoms with Crippen LogP contribution in [0.1, 0.15) is 25.0 Å². The van der Waals surface area contributed by atoms with Gasteiger partial charge < -0.3 is 19.7 Å². The second kappa shape index (κ2) is 9.07. The van der Waals surface area contributed by atoms with Crippen LogP contribution in [0.15, 0.2) is 46.4 Å². The molecule has 0 spiro atoms. The number of phenols is 2. The van der Waals surface area contributed by atoms with Crippen LogP contribution in [0.25, 0.3) is 0 Å². The summed E-state index contributed by atoms with van der Waals surface area (Å²) in [7, 11) is 3.16. The molecule has 0 aromatic heterocycles. The van der Waals surface area contributed by atoms with Gasteiger partial charge in [0.25, 0.3) is 0 Å². The Balaban J connectivity index is 1.99. The standard InChI is InChI=1S/C21H26N2O4/c1-21(2,13-22-11-15-9-17(26-3)5-7-19(15)24)14-23-12-16-10-18(27-4)6-8-20(16)25/h5-12,24-25H,13-14H2,1-4H3. The fourth-order valence-electron chi connectivity index (χ4n) is 2.36. The van der Waals surface area contributed by atoms with Gasteiger partial charge in [-0.05, 0) is 36.4 Å². The molecule has 0 saturated carbocycles. The summed E-state index contributed by atoms with van der Waals surface area (Å²) in [5, 5.41) is 19.8. The van der Waals surface area contributed by atoms with Gasteiger partial charge in [0, 0.05) is 42.1 Å².